The number of fused-ring (bicyclic) bond motifs is 1. The van der Waals surface area contributed by atoms with E-state index in [2.05, 4.69) is 4.99 Å². The lowest BCUT2D eigenvalue weighted by Crippen LogP contribution is -2.41. The molecule has 0 spiro atoms. The van der Waals surface area contributed by atoms with Gasteiger partial charge < -0.3 is 15.2 Å². The summed E-state index contributed by atoms with van der Waals surface area (Å²) in [5, 5.41) is 19.3. The van der Waals surface area contributed by atoms with E-state index in [0.717, 1.165) is 14.2 Å². The SMILES string of the molecule is COC1(OC)N=C(N)C2(C#N)C(c3c(F)c(F)c(F)c(F)c3F)C12C#N. The van der Waals surface area contributed by atoms with E-state index >= 15 is 0 Å². The molecule has 1 aromatic carbocycles. The summed E-state index contributed by atoms with van der Waals surface area (Å²) in [5.74, 6) is -15.8. The van der Waals surface area contributed by atoms with E-state index in [1.165, 1.54) is 0 Å². The first-order valence-electron chi connectivity index (χ1n) is 6.97. The first kappa shape index (κ1) is 18.0. The second kappa shape index (κ2) is 5.13. The van der Waals surface area contributed by atoms with Gasteiger partial charge in [-0.15, -0.1) is 0 Å². The number of nitriles is 2. The normalized spacial score (nSPS) is 31.0. The van der Waals surface area contributed by atoms with Crippen LogP contribution in [0.25, 0.3) is 0 Å². The second-order valence-corrected chi connectivity index (χ2v) is 5.74. The van der Waals surface area contributed by atoms with Crippen LogP contribution in [-0.2, 0) is 9.47 Å². The Hall–Kier alpha value is -2.76. The molecule has 6 nitrogen and oxygen atoms in total. The highest BCUT2D eigenvalue weighted by molar-refractivity contribution is 6.00. The van der Waals surface area contributed by atoms with Gasteiger partial charge in [-0.3, -0.25) is 0 Å². The molecule has 1 aromatic rings. The first-order valence-corrected chi connectivity index (χ1v) is 6.97. The second-order valence-electron chi connectivity index (χ2n) is 5.74. The summed E-state index contributed by atoms with van der Waals surface area (Å²) in [5.41, 5.74) is -0.0873. The Morgan fingerprint density at radius 2 is 1.38 bits per heavy atom. The quantitative estimate of drug-likeness (QED) is 0.377. The van der Waals surface area contributed by atoms with Crippen LogP contribution in [0, 0.1) is 62.6 Å². The van der Waals surface area contributed by atoms with Gasteiger partial charge in [0, 0.05) is 25.7 Å². The molecule has 2 N–H and O–H groups in total. The molecule has 0 bridgehead atoms. The van der Waals surface area contributed by atoms with Crippen LogP contribution in [0.1, 0.15) is 11.5 Å². The number of nitrogens with two attached hydrogens (primary N) is 1. The Balaban J connectivity index is 2.39. The molecule has 0 aromatic heterocycles. The molecule has 3 rings (SSSR count). The van der Waals surface area contributed by atoms with E-state index in [9.17, 15) is 32.5 Å². The molecular weight excluding hydrogens is 363 g/mol. The standard InChI is InChI=1S/C15H9F5N4O2/c1-25-15(26-2)14(4-22)11(13(14,3-21)12(23)24-15)5-6(16)8(18)10(20)9(19)7(5)17/h11H,1-2H3,(H2,23,24). The number of benzene rings is 1. The van der Waals surface area contributed by atoms with E-state index in [4.69, 9.17) is 15.2 Å². The van der Waals surface area contributed by atoms with Crippen LogP contribution < -0.4 is 5.73 Å². The summed E-state index contributed by atoms with van der Waals surface area (Å²) in [4.78, 5) is 3.77. The molecule has 1 fully saturated rings. The number of rotatable bonds is 3. The van der Waals surface area contributed by atoms with Crippen molar-refractivity contribution < 1.29 is 31.4 Å². The third kappa shape index (κ3) is 1.50. The van der Waals surface area contributed by atoms with Crippen molar-refractivity contribution in [3.8, 4) is 12.1 Å². The average Bonchev–Trinajstić information content (AvgIpc) is 3.19. The van der Waals surface area contributed by atoms with Gasteiger partial charge in [0.1, 0.15) is 11.3 Å². The number of halogens is 5. The fourth-order valence-electron chi connectivity index (χ4n) is 3.83. The van der Waals surface area contributed by atoms with Crippen LogP contribution in [0.2, 0.25) is 0 Å². The van der Waals surface area contributed by atoms with Crippen molar-refractivity contribution in [2.75, 3.05) is 14.2 Å². The zero-order valence-electron chi connectivity index (χ0n) is 13.2. The molecule has 2 aliphatic rings. The van der Waals surface area contributed by atoms with Crippen LogP contribution in [0.5, 0.6) is 0 Å². The van der Waals surface area contributed by atoms with Gasteiger partial charge >= 0.3 is 0 Å². The van der Waals surface area contributed by atoms with Crippen LogP contribution in [0.3, 0.4) is 0 Å². The molecule has 11 heteroatoms. The lowest BCUT2D eigenvalue weighted by molar-refractivity contribution is -0.230. The van der Waals surface area contributed by atoms with Crippen molar-refractivity contribution in [1.82, 2.24) is 0 Å². The maximum Gasteiger partial charge on any atom is 0.292 e. The monoisotopic (exact) mass is 372 g/mol. The van der Waals surface area contributed by atoms with Crippen molar-refractivity contribution in [3.05, 3.63) is 34.6 Å². The Morgan fingerprint density at radius 1 is 0.923 bits per heavy atom. The minimum atomic E-state index is -2.36. The van der Waals surface area contributed by atoms with E-state index < -0.39 is 63.1 Å². The summed E-state index contributed by atoms with van der Waals surface area (Å²) >= 11 is 0. The van der Waals surface area contributed by atoms with E-state index in [-0.39, 0.29) is 0 Å². The van der Waals surface area contributed by atoms with E-state index in [1.54, 1.807) is 12.1 Å². The maximum absolute atomic E-state index is 14.3. The number of aliphatic imine (C=N–C) groups is 1. The van der Waals surface area contributed by atoms with Crippen molar-refractivity contribution in [2.45, 2.75) is 11.8 Å². The summed E-state index contributed by atoms with van der Waals surface area (Å²) < 4.78 is 79.3. The molecule has 1 saturated carbocycles. The predicted octanol–water partition coefficient (Wildman–Crippen LogP) is 1.82. The molecule has 3 unspecified atom stereocenters. The number of hydrogen-bond acceptors (Lipinski definition) is 6. The number of nitrogens with zero attached hydrogens (tertiary/aromatic N) is 3. The molecule has 26 heavy (non-hydrogen) atoms. The van der Waals surface area contributed by atoms with Gasteiger partial charge in [-0.1, -0.05) is 0 Å². The first-order chi connectivity index (χ1) is 12.2. The van der Waals surface area contributed by atoms with Crippen LogP contribution in [0.4, 0.5) is 22.0 Å². The molecule has 136 valence electrons. The topological polar surface area (TPSA) is 104 Å². The van der Waals surface area contributed by atoms with Gasteiger partial charge in [0.05, 0.1) is 12.1 Å². The highest BCUT2D eigenvalue weighted by Gasteiger charge is 2.94. The Labute approximate surface area is 143 Å². The summed E-state index contributed by atoms with van der Waals surface area (Å²) in [6.45, 7) is 0. The smallest absolute Gasteiger partial charge is 0.292 e. The number of ether oxygens (including phenoxy) is 2. The predicted molar refractivity (Wildman–Crippen MR) is 73.4 cm³/mol. The minimum Gasteiger partial charge on any atom is -0.386 e. The average molecular weight is 372 g/mol. The van der Waals surface area contributed by atoms with Gasteiger partial charge in [-0.2, -0.15) is 10.5 Å². The molecule has 0 radical (unpaired) electrons. The molecule has 1 aliphatic heterocycles. The zero-order chi connectivity index (χ0) is 19.7. The van der Waals surface area contributed by atoms with Crippen molar-refractivity contribution in [3.63, 3.8) is 0 Å². The summed E-state index contributed by atoms with van der Waals surface area (Å²) in [6.07, 6.45) is 0. The summed E-state index contributed by atoms with van der Waals surface area (Å²) in [7, 11) is 2.06. The van der Waals surface area contributed by atoms with Gasteiger partial charge in [-0.05, 0) is 0 Å². The Kier molecular flexibility index (Phi) is 3.56. The highest BCUT2D eigenvalue weighted by Crippen LogP contribution is 2.82. The highest BCUT2D eigenvalue weighted by atomic mass is 19.2. The minimum absolute atomic E-state index is 0.570. The largest absolute Gasteiger partial charge is 0.386 e. The Morgan fingerprint density at radius 3 is 1.77 bits per heavy atom. The van der Waals surface area contributed by atoms with Gasteiger partial charge in [0.15, 0.2) is 28.7 Å². The van der Waals surface area contributed by atoms with Gasteiger partial charge in [0.25, 0.3) is 5.91 Å². The van der Waals surface area contributed by atoms with Gasteiger partial charge in [-0.25, -0.2) is 26.9 Å². The van der Waals surface area contributed by atoms with Crippen LogP contribution in [0.15, 0.2) is 4.99 Å². The maximum atomic E-state index is 14.3. The number of hydrogen-bond donors (Lipinski definition) is 1. The third-order valence-corrected chi connectivity index (χ3v) is 5.01. The van der Waals surface area contributed by atoms with Gasteiger partial charge in [0.2, 0.25) is 5.82 Å². The number of amidine groups is 1. The van der Waals surface area contributed by atoms with Crippen LogP contribution in [-0.4, -0.2) is 26.0 Å². The molecule has 0 amide bonds. The zero-order valence-corrected chi connectivity index (χ0v) is 13.2. The van der Waals surface area contributed by atoms with Crippen LogP contribution >= 0.6 is 0 Å². The molecule has 1 heterocycles. The lowest BCUT2D eigenvalue weighted by atomic mass is 9.93. The third-order valence-electron chi connectivity index (χ3n) is 5.01. The van der Waals surface area contributed by atoms with Crippen molar-refractivity contribution in [1.29, 1.82) is 10.5 Å². The summed E-state index contributed by atoms with van der Waals surface area (Å²) in [6, 6.07) is 3.27. The molecule has 1 aliphatic carbocycles. The lowest BCUT2D eigenvalue weighted by Gasteiger charge is -2.29. The van der Waals surface area contributed by atoms with Crippen molar-refractivity contribution >= 4 is 5.84 Å². The fraction of sp³-hybridized carbons (Fsp3) is 0.400. The molecule has 3 atom stereocenters. The number of methoxy groups -OCH3 is 2. The fourth-order valence-corrected chi connectivity index (χ4v) is 3.83. The van der Waals surface area contributed by atoms with E-state index in [1.807, 2.05) is 0 Å². The molecule has 0 saturated heterocycles. The van der Waals surface area contributed by atoms with E-state index in [0.29, 0.717) is 0 Å². The Bertz CT molecular complexity index is 920. The van der Waals surface area contributed by atoms with Crippen molar-refractivity contribution in [2.24, 2.45) is 21.6 Å². The molecular formula is C15H9F5N4O2.